The number of carbonyl (C=O) groups is 1. The fourth-order valence-corrected chi connectivity index (χ4v) is 2.20. The summed E-state index contributed by atoms with van der Waals surface area (Å²) in [6.07, 6.45) is -0.569. The van der Waals surface area contributed by atoms with Gasteiger partial charge in [0, 0.05) is 4.47 Å². The maximum atomic E-state index is 11.8. The van der Waals surface area contributed by atoms with E-state index in [1.165, 1.54) is 0 Å². The van der Waals surface area contributed by atoms with Crippen LogP contribution in [-0.4, -0.2) is 11.7 Å². The third-order valence-corrected chi connectivity index (χ3v) is 3.14. The van der Waals surface area contributed by atoms with Gasteiger partial charge in [-0.1, -0.05) is 46.3 Å². The molecule has 0 saturated carbocycles. The van der Waals surface area contributed by atoms with E-state index in [0.717, 1.165) is 15.2 Å². The van der Waals surface area contributed by atoms with Crippen molar-refractivity contribution in [1.82, 2.24) is 0 Å². The van der Waals surface area contributed by atoms with Crippen molar-refractivity contribution >= 4 is 38.5 Å². The molecule has 0 radical (unpaired) electrons. The Kier molecular flexibility index (Phi) is 5.70. The van der Waals surface area contributed by atoms with Gasteiger partial charge in [0.2, 0.25) is 6.09 Å². The van der Waals surface area contributed by atoms with Crippen molar-refractivity contribution in [2.75, 3.05) is 0 Å². The Morgan fingerprint density at radius 3 is 2.30 bits per heavy atom. The predicted molar refractivity (Wildman–Crippen MR) is 80.9 cm³/mol. The Morgan fingerprint density at radius 2 is 1.70 bits per heavy atom. The molecular formula is C15H15BrLiNO2. The fraction of sp³-hybridized carbons (Fsp3) is 0.267. The van der Waals surface area contributed by atoms with Crippen LogP contribution < -0.4 is 18.9 Å². The molecule has 0 aliphatic rings. The van der Waals surface area contributed by atoms with Crippen LogP contribution in [0.15, 0.2) is 40.9 Å². The van der Waals surface area contributed by atoms with Crippen molar-refractivity contribution in [3.63, 3.8) is 0 Å². The number of fused-ring (bicyclic) bond motifs is 1. The van der Waals surface area contributed by atoms with Gasteiger partial charge in [0.15, 0.2) is 0 Å². The van der Waals surface area contributed by atoms with Gasteiger partial charge in [-0.25, -0.2) is 0 Å². The molecule has 1 amide bonds. The third kappa shape index (κ3) is 4.27. The van der Waals surface area contributed by atoms with E-state index in [-0.39, 0.29) is 18.9 Å². The minimum Gasteiger partial charge on any atom is -0.590 e. The monoisotopic (exact) mass is 327 g/mol. The van der Waals surface area contributed by atoms with Crippen LogP contribution in [-0.2, 0) is 4.74 Å². The molecule has 2 aromatic rings. The molecule has 0 spiro atoms. The second-order valence-corrected chi connectivity index (χ2v) is 6.06. The molecule has 0 saturated heterocycles. The number of halogens is 1. The molecule has 3 nitrogen and oxygen atoms in total. The van der Waals surface area contributed by atoms with E-state index in [4.69, 9.17) is 4.74 Å². The predicted octanol–water partition coefficient (Wildman–Crippen LogP) is 2.55. The first-order valence-corrected chi connectivity index (χ1v) is 6.78. The van der Waals surface area contributed by atoms with Gasteiger partial charge in [-0.05, 0) is 37.6 Å². The molecule has 0 fully saturated rings. The molecule has 100 valence electrons. The minimum absolute atomic E-state index is 0. The summed E-state index contributed by atoms with van der Waals surface area (Å²) in [6, 6.07) is 11.5. The number of hydrogen-bond donors (Lipinski definition) is 0. The van der Waals surface area contributed by atoms with Crippen LogP contribution in [0.4, 0.5) is 10.5 Å². The average molecular weight is 328 g/mol. The number of hydrogen-bond acceptors (Lipinski definition) is 2. The summed E-state index contributed by atoms with van der Waals surface area (Å²) in [4.78, 5) is 11.8. The second-order valence-electron chi connectivity index (χ2n) is 5.20. The molecule has 0 unspecified atom stereocenters. The SMILES string of the molecule is CC(C)(C)OC(=O)[N-]c1ccc(Br)c2ccccc12.[Li+]. The minimum atomic E-state index is -0.569. The number of amides is 1. The summed E-state index contributed by atoms with van der Waals surface area (Å²) in [5.41, 5.74) is 0.0826. The molecule has 20 heavy (non-hydrogen) atoms. The van der Waals surface area contributed by atoms with E-state index in [2.05, 4.69) is 21.2 Å². The summed E-state index contributed by atoms with van der Waals surface area (Å²) >= 11 is 3.49. The number of rotatable bonds is 1. The fourth-order valence-electron chi connectivity index (χ4n) is 1.73. The van der Waals surface area contributed by atoms with Gasteiger partial charge in [-0.3, -0.25) is 4.79 Å². The summed E-state index contributed by atoms with van der Waals surface area (Å²) in [7, 11) is 0. The first-order chi connectivity index (χ1) is 8.87. The zero-order chi connectivity index (χ0) is 14.0. The number of carbonyl (C=O) groups excluding carboxylic acids is 1. The van der Waals surface area contributed by atoms with E-state index < -0.39 is 11.7 Å². The number of benzene rings is 2. The van der Waals surface area contributed by atoms with Crippen molar-refractivity contribution in [3.8, 4) is 0 Å². The Bertz CT molecular complexity index is 623. The van der Waals surface area contributed by atoms with Gasteiger partial charge in [0.05, 0.1) is 0 Å². The van der Waals surface area contributed by atoms with Crippen LogP contribution in [0, 0.1) is 0 Å². The first kappa shape index (κ1) is 17.1. The van der Waals surface area contributed by atoms with Crippen molar-refractivity contribution in [1.29, 1.82) is 0 Å². The molecule has 0 aromatic heterocycles. The number of nitrogens with zero attached hydrogens (tertiary/aromatic N) is 1. The summed E-state index contributed by atoms with van der Waals surface area (Å²) in [5, 5.41) is 5.97. The van der Waals surface area contributed by atoms with Gasteiger partial charge in [0.1, 0.15) is 5.60 Å². The molecule has 0 heterocycles. The zero-order valence-corrected chi connectivity index (χ0v) is 13.7. The van der Waals surface area contributed by atoms with Gasteiger partial charge < -0.3 is 10.1 Å². The van der Waals surface area contributed by atoms with E-state index in [1.54, 1.807) is 6.07 Å². The molecule has 2 aromatic carbocycles. The van der Waals surface area contributed by atoms with Gasteiger partial charge >= 0.3 is 18.9 Å². The second kappa shape index (κ2) is 6.67. The van der Waals surface area contributed by atoms with Crippen LogP contribution >= 0.6 is 15.9 Å². The summed E-state index contributed by atoms with van der Waals surface area (Å²) < 4.78 is 6.18. The van der Waals surface area contributed by atoms with Crippen molar-refractivity contribution in [2.45, 2.75) is 26.4 Å². The van der Waals surface area contributed by atoms with Crippen LogP contribution in [0.3, 0.4) is 0 Å². The topological polar surface area (TPSA) is 40.4 Å². The maximum absolute atomic E-state index is 11.8. The summed E-state index contributed by atoms with van der Waals surface area (Å²) in [6.45, 7) is 5.46. The molecule has 0 aliphatic heterocycles. The first-order valence-electron chi connectivity index (χ1n) is 5.99. The Balaban J connectivity index is 0.00000200. The van der Waals surface area contributed by atoms with Gasteiger partial charge in [-0.15, -0.1) is 5.69 Å². The Morgan fingerprint density at radius 1 is 1.10 bits per heavy atom. The van der Waals surface area contributed by atoms with Crippen LogP contribution in [0.2, 0.25) is 0 Å². The standard InChI is InChI=1S/C15H16BrNO2.Li/c1-15(2,3)19-14(18)17-13-9-8-12(16)10-6-4-5-7-11(10)13;/h4-9H,1-3H3,(H,17,18);/q;+1/p-1. The molecular weight excluding hydrogens is 313 g/mol. The molecule has 5 heteroatoms. The quantitative estimate of drug-likeness (QED) is 0.755. The molecule has 0 bridgehead atoms. The van der Waals surface area contributed by atoms with Crippen molar-refractivity contribution < 1.29 is 28.4 Å². The average Bonchev–Trinajstić information content (AvgIpc) is 2.31. The zero-order valence-electron chi connectivity index (χ0n) is 12.1. The van der Waals surface area contributed by atoms with E-state index in [9.17, 15) is 4.79 Å². The van der Waals surface area contributed by atoms with Crippen molar-refractivity contribution in [2.24, 2.45) is 0 Å². The van der Waals surface area contributed by atoms with Crippen LogP contribution in [0.1, 0.15) is 20.8 Å². The molecule has 0 N–H and O–H groups in total. The largest absolute Gasteiger partial charge is 1.00 e. The van der Waals surface area contributed by atoms with Crippen LogP contribution in [0.25, 0.3) is 16.1 Å². The Labute approximate surface area is 139 Å². The normalized spacial score (nSPS) is 10.8. The number of ether oxygens (including phenoxy) is 1. The van der Waals surface area contributed by atoms with E-state index >= 15 is 0 Å². The Hall–Kier alpha value is -0.953. The third-order valence-electron chi connectivity index (χ3n) is 2.45. The summed E-state index contributed by atoms with van der Waals surface area (Å²) in [5.74, 6) is 0. The molecule has 0 aliphatic carbocycles. The van der Waals surface area contributed by atoms with Gasteiger partial charge in [0.25, 0.3) is 0 Å². The van der Waals surface area contributed by atoms with Crippen molar-refractivity contribution in [3.05, 3.63) is 46.2 Å². The smallest absolute Gasteiger partial charge is 0.590 e. The van der Waals surface area contributed by atoms with Gasteiger partial charge in [-0.2, -0.15) is 0 Å². The van der Waals surface area contributed by atoms with E-state index in [0.29, 0.717) is 5.69 Å². The molecule has 2 rings (SSSR count). The maximum Gasteiger partial charge on any atom is 1.00 e. The van der Waals surface area contributed by atoms with E-state index in [1.807, 2.05) is 51.1 Å². The molecule has 0 atom stereocenters. The van der Waals surface area contributed by atoms with Crippen LogP contribution in [0.5, 0.6) is 0 Å².